The van der Waals surface area contributed by atoms with Crippen molar-refractivity contribution in [2.45, 2.75) is 32.7 Å². The number of aromatic nitrogens is 1. The van der Waals surface area contributed by atoms with Crippen molar-refractivity contribution in [3.05, 3.63) is 16.1 Å². The molecule has 0 bridgehead atoms. The van der Waals surface area contributed by atoms with Crippen molar-refractivity contribution in [3.8, 4) is 0 Å². The van der Waals surface area contributed by atoms with Gasteiger partial charge in [0.15, 0.2) is 0 Å². The first-order valence-electron chi connectivity index (χ1n) is 5.25. The maximum Gasteiger partial charge on any atom is 0.401 e. The van der Waals surface area contributed by atoms with Crippen molar-refractivity contribution in [3.63, 3.8) is 0 Å². The standard InChI is InChI=1S/C10H15F3N2OS/c1-3-16-7(2)9-15-8(5-17-9)4-14-6-10(11,12)13/h5,7,14H,3-4,6H2,1-2H3. The molecule has 0 amide bonds. The van der Waals surface area contributed by atoms with Gasteiger partial charge in [0.2, 0.25) is 0 Å². The van der Waals surface area contributed by atoms with E-state index in [1.807, 2.05) is 13.8 Å². The van der Waals surface area contributed by atoms with Crippen LogP contribution < -0.4 is 5.32 Å². The fourth-order valence-electron chi connectivity index (χ4n) is 1.24. The highest BCUT2D eigenvalue weighted by Gasteiger charge is 2.26. The molecule has 0 aliphatic heterocycles. The molecule has 0 saturated carbocycles. The van der Waals surface area contributed by atoms with Gasteiger partial charge in [-0.3, -0.25) is 0 Å². The van der Waals surface area contributed by atoms with Gasteiger partial charge in [-0.05, 0) is 13.8 Å². The molecule has 0 aliphatic carbocycles. The fourth-order valence-corrected chi connectivity index (χ4v) is 2.07. The SMILES string of the molecule is CCOC(C)c1nc(CNCC(F)(F)F)cs1. The average molecular weight is 268 g/mol. The maximum atomic E-state index is 11.9. The van der Waals surface area contributed by atoms with Crippen LogP contribution in [-0.2, 0) is 11.3 Å². The Morgan fingerprint density at radius 2 is 2.24 bits per heavy atom. The third-order valence-electron chi connectivity index (χ3n) is 1.97. The lowest BCUT2D eigenvalue weighted by Crippen LogP contribution is -2.28. The second-order valence-electron chi connectivity index (χ2n) is 3.49. The fraction of sp³-hybridized carbons (Fsp3) is 0.700. The smallest absolute Gasteiger partial charge is 0.372 e. The van der Waals surface area contributed by atoms with Crippen LogP contribution in [0.3, 0.4) is 0 Å². The van der Waals surface area contributed by atoms with Crippen LogP contribution in [0.1, 0.15) is 30.7 Å². The molecule has 7 heteroatoms. The Bertz CT molecular complexity index is 341. The summed E-state index contributed by atoms with van der Waals surface area (Å²) in [6.45, 7) is 3.46. The van der Waals surface area contributed by atoms with E-state index in [0.29, 0.717) is 12.3 Å². The van der Waals surface area contributed by atoms with Gasteiger partial charge in [0.25, 0.3) is 0 Å². The first-order valence-corrected chi connectivity index (χ1v) is 6.13. The highest BCUT2D eigenvalue weighted by molar-refractivity contribution is 7.09. The van der Waals surface area contributed by atoms with E-state index in [9.17, 15) is 13.2 Å². The molecule has 1 N–H and O–H groups in total. The number of nitrogens with zero attached hydrogens (tertiary/aromatic N) is 1. The number of rotatable bonds is 6. The number of alkyl halides is 3. The third kappa shape index (κ3) is 5.47. The second-order valence-corrected chi connectivity index (χ2v) is 4.38. The molecule has 0 saturated heterocycles. The minimum atomic E-state index is -4.18. The summed E-state index contributed by atoms with van der Waals surface area (Å²) in [6.07, 6.45) is -4.29. The summed E-state index contributed by atoms with van der Waals surface area (Å²) in [7, 11) is 0. The summed E-state index contributed by atoms with van der Waals surface area (Å²) in [6, 6.07) is 0. The van der Waals surface area contributed by atoms with E-state index in [4.69, 9.17) is 4.74 Å². The van der Waals surface area contributed by atoms with E-state index in [0.717, 1.165) is 5.01 Å². The minimum Gasteiger partial charge on any atom is -0.372 e. The molecule has 0 fully saturated rings. The predicted molar refractivity (Wildman–Crippen MR) is 59.9 cm³/mol. The zero-order valence-corrected chi connectivity index (χ0v) is 10.5. The van der Waals surface area contributed by atoms with Crippen LogP contribution >= 0.6 is 11.3 Å². The molecule has 3 nitrogen and oxygen atoms in total. The van der Waals surface area contributed by atoms with Crippen molar-refractivity contribution in [2.24, 2.45) is 0 Å². The van der Waals surface area contributed by atoms with Gasteiger partial charge in [-0.1, -0.05) is 0 Å². The molecule has 0 aliphatic rings. The molecule has 17 heavy (non-hydrogen) atoms. The van der Waals surface area contributed by atoms with Gasteiger partial charge in [-0.2, -0.15) is 13.2 Å². The van der Waals surface area contributed by atoms with Gasteiger partial charge in [0, 0.05) is 18.5 Å². The molecule has 98 valence electrons. The van der Waals surface area contributed by atoms with Gasteiger partial charge in [0.1, 0.15) is 11.1 Å². The lowest BCUT2D eigenvalue weighted by atomic mass is 10.4. The van der Waals surface area contributed by atoms with E-state index < -0.39 is 12.7 Å². The number of hydrogen-bond acceptors (Lipinski definition) is 4. The van der Waals surface area contributed by atoms with Gasteiger partial charge in [0.05, 0.1) is 12.2 Å². The number of ether oxygens (including phenoxy) is 1. The summed E-state index contributed by atoms with van der Waals surface area (Å²) < 4.78 is 41.0. The largest absolute Gasteiger partial charge is 0.401 e. The van der Waals surface area contributed by atoms with Crippen LogP contribution in [-0.4, -0.2) is 24.3 Å². The van der Waals surface area contributed by atoms with Crippen molar-refractivity contribution in [2.75, 3.05) is 13.2 Å². The summed E-state index contributed by atoms with van der Waals surface area (Å²) in [4.78, 5) is 4.21. The zero-order chi connectivity index (χ0) is 12.9. The quantitative estimate of drug-likeness (QED) is 0.861. The van der Waals surface area contributed by atoms with Gasteiger partial charge < -0.3 is 10.1 Å². The molecule has 1 rings (SSSR count). The summed E-state index contributed by atoms with van der Waals surface area (Å²) in [5, 5.41) is 4.84. The van der Waals surface area contributed by atoms with E-state index >= 15 is 0 Å². The Morgan fingerprint density at radius 1 is 1.53 bits per heavy atom. The van der Waals surface area contributed by atoms with Crippen LogP contribution in [0.25, 0.3) is 0 Å². The van der Waals surface area contributed by atoms with Crippen LogP contribution in [0.4, 0.5) is 13.2 Å². The molecule has 0 spiro atoms. The Kier molecular flexibility index (Phi) is 5.35. The van der Waals surface area contributed by atoms with Gasteiger partial charge in [-0.25, -0.2) is 4.98 Å². The minimum absolute atomic E-state index is 0.110. The Morgan fingerprint density at radius 3 is 2.82 bits per heavy atom. The van der Waals surface area contributed by atoms with Gasteiger partial charge in [-0.15, -0.1) is 11.3 Å². The third-order valence-corrected chi connectivity index (χ3v) is 3.02. The van der Waals surface area contributed by atoms with Crippen molar-refractivity contribution < 1.29 is 17.9 Å². The normalized spacial score (nSPS) is 13.9. The topological polar surface area (TPSA) is 34.1 Å². The zero-order valence-electron chi connectivity index (χ0n) is 9.67. The van der Waals surface area contributed by atoms with Crippen molar-refractivity contribution in [1.82, 2.24) is 10.3 Å². The lowest BCUT2D eigenvalue weighted by Gasteiger charge is -2.08. The average Bonchev–Trinajstić information content (AvgIpc) is 2.65. The molecule has 1 atom stereocenters. The number of thiazole rings is 1. The Labute approximate surface area is 102 Å². The highest BCUT2D eigenvalue weighted by Crippen LogP contribution is 2.21. The number of hydrogen-bond donors (Lipinski definition) is 1. The lowest BCUT2D eigenvalue weighted by molar-refractivity contribution is -0.125. The Hall–Kier alpha value is -0.660. The van der Waals surface area contributed by atoms with E-state index in [-0.39, 0.29) is 12.6 Å². The molecular formula is C10H15F3N2OS. The van der Waals surface area contributed by atoms with Crippen molar-refractivity contribution in [1.29, 1.82) is 0 Å². The van der Waals surface area contributed by atoms with E-state index in [1.165, 1.54) is 11.3 Å². The summed E-state index contributed by atoms with van der Waals surface area (Å²) in [5.41, 5.74) is 0.612. The number of nitrogens with one attached hydrogen (secondary N) is 1. The monoisotopic (exact) mass is 268 g/mol. The van der Waals surface area contributed by atoms with Gasteiger partial charge >= 0.3 is 6.18 Å². The predicted octanol–water partition coefficient (Wildman–Crippen LogP) is 2.89. The van der Waals surface area contributed by atoms with Crippen LogP contribution in [0.2, 0.25) is 0 Å². The summed E-state index contributed by atoms with van der Waals surface area (Å²) in [5.74, 6) is 0. The first kappa shape index (κ1) is 14.4. The molecule has 0 aromatic carbocycles. The molecule has 1 unspecified atom stereocenters. The van der Waals surface area contributed by atoms with E-state index in [2.05, 4.69) is 10.3 Å². The van der Waals surface area contributed by atoms with Crippen molar-refractivity contribution >= 4 is 11.3 Å². The highest BCUT2D eigenvalue weighted by atomic mass is 32.1. The number of halogens is 3. The molecular weight excluding hydrogens is 253 g/mol. The first-order chi connectivity index (χ1) is 7.92. The van der Waals surface area contributed by atoms with Crippen LogP contribution in [0, 0.1) is 0 Å². The maximum absolute atomic E-state index is 11.9. The van der Waals surface area contributed by atoms with E-state index in [1.54, 1.807) is 5.38 Å². The molecule has 1 aromatic rings. The van der Waals surface area contributed by atoms with Crippen LogP contribution in [0.5, 0.6) is 0 Å². The van der Waals surface area contributed by atoms with Crippen LogP contribution in [0.15, 0.2) is 5.38 Å². The molecule has 0 radical (unpaired) electrons. The Balaban J connectivity index is 2.40. The molecule has 1 aromatic heterocycles. The molecule has 1 heterocycles. The summed E-state index contributed by atoms with van der Waals surface area (Å²) >= 11 is 1.40. The second kappa shape index (κ2) is 6.32.